The van der Waals surface area contributed by atoms with E-state index in [2.05, 4.69) is 58.5 Å². The summed E-state index contributed by atoms with van der Waals surface area (Å²) >= 11 is 0. The number of para-hydroxylation sites is 2. The number of aromatic nitrogens is 2. The molecule has 7 rings (SSSR count). The zero-order valence-corrected chi connectivity index (χ0v) is 16.3. The van der Waals surface area contributed by atoms with Crippen LogP contribution in [0.5, 0.6) is 0 Å². The van der Waals surface area contributed by atoms with E-state index in [9.17, 15) is 0 Å². The minimum atomic E-state index is 0.164. The van der Waals surface area contributed by atoms with Crippen LogP contribution in [0.15, 0.2) is 48.5 Å². The third-order valence-corrected chi connectivity index (χ3v) is 8.24. The van der Waals surface area contributed by atoms with Crippen molar-refractivity contribution in [2.24, 2.45) is 0 Å². The standard InChI is InChI=1S/C26H26N2/c1-3-11-19-17(9-1)21-23(27-19)26(15-7-8-16-26)22-18-10-2-4-12-20(18)28-24(22)25(21)13-5-6-14-25/h1-4,9-12,27-28H,5-8,13-16H2. The van der Waals surface area contributed by atoms with Crippen LogP contribution in [0.4, 0.5) is 0 Å². The number of H-pyrrole nitrogens is 2. The van der Waals surface area contributed by atoms with Gasteiger partial charge in [-0.1, -0.05) is 62.1 Å². The van der Waals surface area contributed by atoms with Gasteiger partial charge < -0.3 is 9.97 Å². The fourth-order valence-electron chi connectivity index (χ4n) is 7.20. The molecular formula is C26H26N2. The fourth-order valence-corrected chi connectivity index (χ4v) is 7.20. The van der Waals surface area contributed by atoms with Crippen molar-refractivity contribution < 1.29 is 0 Å². The van der Waals surface area contributed by atoms with Crippen LogP contribution in [0.3, 0.4) is 0 Å². The molecule has 2 N–H and O–H groups in total. The molecule has 0 radical (unpaired) electrons. The van der Waals surface area contributed by atoms with Crippen molar-refractivity contribution >= 4 is 21.8 Å². The summed E-state index contributed by atoms with van der Waals surface area (Å²) in [5, 5.41) is 2.94. The second kappa shape index (κ2) is 5.11. The van der Waals surface area contributed by atoms with Crippen LogP contribution < -0.4 is 0 Å². The molecule has 140 valence electrons. The van der Waals surface area contributed by atoms with Gasteiger partial charge in [-0.2, -0.15) is 0 Å². The molecule has 2 saturated carbocycles. The summed E-state index contributed by atoms with van der Waals surface area (Å²) in [6.07, 6.45) is 10.4. The molecule has 3 aliphatic carbocycles. The first-order valence-electron chi connectivity index (χ1n) is 11.1. The Kier molecular flexibility index (Phi) is 2.82. The highest BCUT2D eigenvalue weighted by Gasteiger charge is 2.55. The van der Waals surface area contributed by atoms with Gasteiger partial charge in [-0.15, -0.1) is 0 Å². The van der Waals surface area contributed by atoms with E-state index in [1.54, 1.807) is 22.5 Å². The van der Waals surface area contributed by atoms with Gasteiger partial charge >= 0.3 is 0 Å². The van der Waals surface area contributed by atoms with Crippen LogP contribution in [-0.2, 0) is 10.8 Å². The molecule has 0 unspecified atom stereocenters. The molecule has 3 aliphatic rings. The van der Waals surface area contributed by atoms with E-state index in [1.165, 1.54) is 73.2 Å². The normalized spacial score (nSPS) is 21.7. The second-order valence-electron chi connectivity index (χ2n) is 9.42. The Morgan fingerprint density at radius 2 is 0.929 bits per heavy atom. The average Bonchev–Trinajstić information content (AvgIpc) is 3.50. The molecule has 0 atom stereocenters. The van der Waals surface area contributed by atoms with Crippen LogP contribution >= 0.6 is 0 Å². The molecule has 2 fully saturated rings. The monoisotopic (exact) mass is 366 g/mol. The zero-order valence-electron chi connectivity index (χ0n) is 16.3. The number of aromatic amines is 2. The molecule has 2 nitrogen and oxygen atoms in total. The Labute approximate surface area is 165 Å². The number of rotatable bonds is 0. The summed E-state index contributed by atoms with van der Waals surface area (Å²) in [6, 6.07) is 18.1. The number of hydrogen-bond acceptors (Lipinski definition) is 0. The first-order valence-corrected chi connectivity index (χ1v) is 11.1. The largest absolute Gasteiger partial charge is 0.357 e. The van der Waals surface area contributed by atoms with Gasteiger partial charge in [0.1, 0.15) is 0 Å². The highest BCUT2D eigenvalue weighted by Crippen LogP contribution is 2.63. The maximum atomic E-state index is 3.98. The number of benzene rings is 2. The summed E-state index contributed by atoms with van der Waals surface area (Å²) in [6.45, 7) is 0. The van der Waals surface area contributed by atoms with E-state index in [-0.39, 0.29) is 10.8 Å². The lowest BCUT2D eigenvalue weighted by Gasteiger charge is -2.43. The summed E-state index contributed by atoms with van der Waals surface area (Å²) in [5.74, 6) is 0. The summed E-state index contributed by atoms with van der Waals surface area (Å²) in [7, 11) is 0. The topological polar surface area (TPSA) is 31.6 Å². The lowest BCUT2D eigenvalue weighted by molar-refractivity contribution is 0.426. The molecule has 2 spiro atoms. The van der Waals surface area contributed by atoms with Crippen molar-refractivity contribution in [1.29, 1.82) is 0 Å². The predicted octanol–water partition coefficient (Wildman–Crippen LogP) is 6.68. The van der Waals surface area contributed by atoms with E-state index in [1.807, 2.05) is 0 Å². The Morgan fingerprint density at radius 1 is 0.536 bits per heavy atom. The molecule has 2 heterocycles. The predicted molar refractivity (Wildman–Crippen MR) is 115 cm³/mol. The summed E-state index contributed by atoms with van der Waals surface area (Å²) in [5.41, 5.74) is 9.40. The maximum absolute atomic E-state index is 3.98. The van der Waals surface area contributed by atoms with E-state index in [0.29, 0.717) is 0 Å². The summed E-state index contributed by atoms with van der Waals surface area (Å²) < 4.78 is 0. The zero-order chi connectivity index (χ0) is 18.3. The molecule has 2 heteroatoms. The fraction of sp³-hybridized carbons (Fsp3) is 0.385. The molecular weight excluding hydrogens is 340 g/mol. The number of fused-ring (bicyclic) bond motifs is 10. The van der Waals surface area contributed by atoms with Crippen molar-refractivity contribution in [3.8, 4) is 0 Å². The van der Waals surface area contributed by atoms with Crippen molar-refractivity contribution in [3.05, 3.63) is 71.0 Å². The van der Waals surface area contributed by atoms with Crippen LogP contribution in [-0.4, -0.2) is 9.97 Å². The van der Waals surface area contributed by atoms with Crippen molar-refractivity contribution in [2.75, 3.05) is 0 Å². The van der Waals surface area contributed by atoms with E-state index in [0.717, 1.165) is 0 Å². The van der Waals surface area contributed by atoms with E-state index in [4.69, 9.17) is 0 Å². The SMILES string of the molecule is c1ccc2c3c([nH]c2c1)C1(CCCC1)c1c([nH]c2ccccc12)C31CCCC1. The van der Waals surface area contributed by atoms with Crippen LogP contribution in [0.1, 0.15) is 73.9 Å². The number of hydrogen-bond donors (Lipinski definition) is 2. The lowest BCUT2D eigenvalue weighted by Crippen LogP contribution is -2.39. The molecule has 4 aromatic rings. The van der Waals surface area contributed by atoms with Gasteiger partial charge in [0, 0.05) is 44.0 Å². The molecule has 0 bridgehead atoms. The van der Waals surface area contributed by atoms with Crippen molar-refractivity contribution in [1.82, 2.24) is 9.97 Å². The Hall–Kier alpha value is -2.48. The Bertz CT molecular complexity index is 1130. The van der Waals surface area contributed by atoms with Crippen LogP contribution in [0, 0.1) is 0 Å². The second-order valence-corrected chi connectivity index (χ2v) is 9.42. The molecule has 0 saturated heterocycles. The lowest BCUT2D eigenvalue weighted by atomic mass is 9.59. The molecule has 0 amide bonds. The highest BCUT2D eigenvalue weighted by molar-refractivity contribution is 5.93. The molecule has 0 aliphatic heterocycles. The minimum absolute atomic E-state index is 0.164. The summed E-state index contributed by atoms with van der Waals surface area (Å²) in [4.78, 5) is 7.96. The third-order valence-electron chi connectivity index (χ3n) is 8.24. The maximum Gasteiger partial charge on any atom is 0.0459 e. The first kappa shape index (κ1) is 15.4. The smallest absolute Gasteiger partial charge is 0.0459 e. The van der Waals surface area contributed by atoms with E-state index >= 15 is 0 Å². The van der Waals surface area contributed by atoms with E-state index < -0.39 is 0 Å². The van der Waals surface area contributed by atoms with Crippen molar-refractivity contribution in [2.45, 2.75) is 62.2 Å². The van der Waals surface area contributed by atoms with Gasteiger partial charge in [-0.25, -0.2) is 0 Å². The average molecular weight is 367 g/mol. The van der Waals surface area contributed by atoms with Crippen LogP contribution in [0.2, 0.25) is 0 Å². The van der Waals surface area contributed by atoms with Gasteiger partial charge in [0.2, 0.25) is 0 Å². The molecule has 2 aromatic carbocycles. The third kappa shape index (κ3) is 1.63. The molecule has 28 heavy (non-hydrogen) atoms. The molecule has 2 aromatic heterocycles. The van der Waals surface area contributed by atoms with Gasteiger partial charge in [0.25, 0.3) is 0 Å². The quantitative estimate of drug-likeness (QED) is 0.348. The first-order chi connectivity index (χ1) is 13.8. The number of nitrogens with one attached hydrogen (secondary N) is 2. The minimum Gasteiger partial charge on any atom is -0.357 e. The van der Waals surface area contributed by atoms with Crippen LogP contribution in [0.25, 0.3) is 21.8 Å². The van der Waals surface area contributed by atoms with Gasteiger partial charge in [0.15, 0.2) is 0 Å². The Balaban J connectivity index is 1.69. The van der Waals surface area contributed by atoms with Crippen molar-refractivity contribution in [3.63, 3.8) is 0 Å². The van der Waals surface area contributed by atoms with Gasteiger partial charge in [-0.05, 0) is 48.9 Å². The highest BCUT2D eigenvalue weighted by atomic mass is 14.9. The van der Waals surface area contributed by atoms with Gasteiger partial charge in [0.05, 0.1) is 0 Å². The van der Waals surface area contributed by atoms with Gasteiger partial charge in [-0.3, -0.25) is 0 Å². The Morgan fingerprint density at radius 3 is 1.36 bits per heavy atom.